The highest BCUT2D eigenvalue weighted by Gasteiger charge is 2.58. The van der Waals surface area contributed by atoms with Crippen LogP contribution in [0.15, 0.2) is 0 Å². The van der Waals surface area contributed by atoms with E-state index in [4.69, 9.17) is 71.1 Å². The molecule has 8 rings (SSSR count). The van der Waals surface area contributed by atoms with Gasteiger partial charge in [0.15, 0.2) is 50.3 Å². The maximum atomic E-state index is 11.9. The van der Waals surface area contributed by atoms with Gasteiger partial charge in [-0.2, -0.15) is 0 Å². The Morgan fingerprint density at radius 2 is 0.458 bits per heavy atom. The molecule has 0 aliphatic carbocycles. The zero-order valence-electron chi connectivity index (χ0n) is 43.4. The van der Waals surface area contributed by atoms with E-state index in [-0.39, 0.29) is 0 Å². The van der Waals surface area contributed by atoms with Gasteiger partial charge in [-0.25, -0.2) is 0 Å². The Morgan fingerprint density at radius 3 is 0.867 bits per heavy atom. The summed E-state index contributed by atoms with van der Waals surface area (Å²) in [6.45, 7) is -7.21. The van der Waals surface area contributed by atoms with Gasteiger partial charge < -0.3 is 189 Å². The van der Waals surface area contributed by atoms with Gasteiger partial charge in [0.2, 0.25) is 0 Å². The van der Waals surface area contributed by atoms with E-state index in [1.807, 2.05) is 0 Å². The molecule has 0 aromatic carbocycles. The van der Waals surface area contributed by atoms with Gasteiger partial charge >= 0.3 is 0 Å². The molecule has 8 heterocycles. The normalized spacial score (nSPS) is 53.5. The molecule has 0 radical (unpaired) electrons. The fraction of sp³-hybridized carbons (Fsp3) is 1.00. The first-order chi connectivity index (χ1) is 39.4. The minimum absolute atomic E-state index is 0.783. The molecule has 0 unspecified atom stereocenters. The maximum Gasteiger partial charge on any atom is 0.187 e. The molecule has 8 fully saturated rings. The average Bonchev–Trinajstić information content (AvgIpc) is 4.11. The predicted octanol–water partition coefficient (Wildman–Crippen LogP) is -16.5. The summed E-state index contributed by atoms with van der Waals surface area (Å²) in [6.07, 6.45) is -69.9. The van der Waals surface area contributed by atoms with E-state index in [2.05, 4.69) is 0 Å². The number of ether oxygens (including phenoxy) is 15. The molecule has 8 aliphatic heterocycles. The number of hydrogen-bond acceptors (Lipinski definition) is 38. The summed E-state index contributed by atoms with van der Waals surface area (Å²) in [5, 5.41) is 244. The van der Waals surface area contributed by atoms with E-state index in [1.54, 1.807) is 0 Å². The van der Waals surface area contributed by atoms with E-state index in [9.17, 15) is 117 Å². The van der Waals surface area contributed by atoms with E-state index in [0.717, 1.165) is 0 Å². The van der Waals surface area contributed by atoms with E-state index >= 15 is 0 Å². The Bertz CT molecular complexity index is 1970. The predicted molar refractivity (Wildman–Crippen MR) is 246 cm³/mol. The summed E-state index contributed by atoms with van der Waals surface area (Å²) in [7, 11) is 0. The Kier molecular flexibility index (Phi) is 23.5. The topological polar surface area (TPSA) is 604 Å². The maximum absolute atomic E-state index is 11.9. The summed E-state index contributed by atoms with van der Waals surface area (Å²) >= 11 is 0. The number of rotatable bonds is 22. The first-order valence-corrected chi connectivity index (χ1v) is 26.4. The van der Waals surface area contributed by atoms with Crippen molar-refractivity contribution >= 4 is 0 Å². The van der Waals surface area contributed by atoms with Crippen molar-refractivity contribution in [3.8, 4) is 0 Å². The third-order valence-corrected chi connectivity index (χ3v) is 15.6. The zero-order valence-corrected chi connectivity index (χ0v) is 43.4. The molecule has 8 saturated heterocycles. The molecule has 0 amide bonds. The van der Waals surface area contributed by atoms with Crippen molar-refractivity contribution in [1.29, 1.82) is 0 Å². The molecule has 23 N–H and O–H groups in total. The molecule has 37 atom stereocenters. The monoisotopic (exact) mass is 1220 g/mol. The van der Waals surface area contributed by atoms with Gasteiger partial charge in [0, 0.05) is 0 Å². The molecule has 0 aromatic rings. The lowest BCUT2D eigenvalue weighted by atomic mass is 9.95. The first kappa shape index (κ1) is 67.4. The second kappa shape index (κ2) is 29.0. The molecule has 0 bridgehead atoms. The zero-order chi connectivity index (χ0) is 60.6. The largest absolute Gasteiger partial charge is 0.394 e. The van der Waals surface area contributed by atoms with Crippen LogP contribution in [0.5, 0.6) is 0 Å². The summed E-state index contributed by atoms with van der Waals surface area (Å²) in [5.74, 6) is 0. The van der Waals surface area contributed by atoms with Crippen LogP contribution >= 0.6 is 0 Å². The highest BCUT2D eigenvalue weighted by Crippen LogP contribution is 2.38. The molecular weight excluding hydrogens is 1150 g/mol. The van der Waals surface area contributed by atoms with Crippen LogP contribution in [-0.2, 0) is 71.1 Å². The number of aliphatic hydroxyl groups is 23. The van der Waals surface area contributed by atoms with E-state index < -0.39 is 280 Å². The fourth-order valence-electron chi connectivity index (χ4n) is 10.6. The molecule has 83 heavy (non-hydrogen) atoms. The smallest absolute Gasteiger partial charge is 0.187 e. The molecule has 0 spiro atoms. The average molecular weight is 1230 g/mol. The van der Waals surface area contributed by atoms with Gasteiger partial charge in [-0.3, -0.25) is 0 Å². The summed E-state index contributed by atoms with van der Waals surface area (Å²) in [6, 6.07) is 0. The first-order valence-electron chi connectivity index (χ1n) is 26.4. The van der Waals surface area contributed by atoms with Gasteiger partial charge in [-0.15, -0.1) is 0 Å². The quantitative estimate of drug-likeness (QED) is 0.0479. The minimum atomic E-state index is -2.34. The molecule has 0 aromatic heterocycles. The van der Waals surface area contributed by atoms with Crippen molar-refractivity contribution in [3.05, 3.63) is 0 Å². The van der Waals surface area contributed by atoms with Crippen LogP contribution in [0.3, 0.4) is 0 Å². The van der Waals surface area contributed by atoms with Crippen molar-refractivity contribution in [1.82, 2.24) is 0 Å². The van der Waals surface area contributed by atoms with Gasteiger partial charge in [0.1, 0.15) is 177 Å². The lowest BCUT2D eigenvalue weighted by molar-refractivity contribution is -0.390. The van der Waals surface area contributed by atoms with Crippen molar-refractivity contribution in [3.63, 3.8) is 0 Å². The van der Waals surface area contributed by atoms with Crippen molar-refractivity contribution in [2.75, 3.05) is 52.9 Å². The molecule has 0 saturated carbocycles. The Hall–Kier alpha value is -1.52. The molecule has 484 valence electrons. The Labute approximate surface area is 468 Å². The molecule has 38 nitrogen and oxygen atoms in total. The van der Waals surface area contributed by atoms with Crippen LogP contribution in [0.4, 0.5) is 0 Å². The third-order valence-electron chi connectivity index (χ3n) is 15.6. The van der Waals surface area contributed by atoms with Crippen molar-refractivity contribution in [2.45, 2.75) is 227 Å². The van der Waals surface area contributed by atoms with Crippen molar-refractivity contribution < 1.29 is 189 Å². The van der Waals surface area contributed by atoms with Gasteiger partial charge in [-0.1, -0.05) is 0 Å². The fourth-order valence-corrected chi connectivity index (χ4v) is 10.6. The SMILES string of the molecule is OC[C@@H]1O[C@@H](O[C@H]2[C@@H](OC[C@H]3O[C@@H](O[C@H]4[C@H](O)[C@@H](O)[C@H](O[C@H]5[C@H](O)[C@@H](O)[C@H](O)O[C@@H]5CO)O[C@@H]4CO)[C@H](O)[C@@H](O)[C@@H]3O[C@@H]3O[C@H](CO[C@H]4O[C@H](CO)[C@H](O)[C@H]4O[C@@H]4O[C@H](CO)[C@H](O)[C@H](O)[C@H]4O)[C@@H](O)[C@H](O)[C@H]3O)O[C@H](CO)[C@@H]2O)[C@H](O)[C@H]1O. The highest BCUT2D eigenvalue weighted by atomic mass is 16.8. The molecular formula is C45H76O38. The third kappa shape index (κ3) is 14.0. The van der Waals surface area contributed by atoms with Crippen LogP contribution < -0.4 is 0 Å². The Morgan fingerprint density at radius 1 is 0.205 bits per heavy atom. The van der Waals surface area contributed by atoms with E-state index in [0.29, 0.717) is 0 Å². The summed E-state index contributed by atoms with van der Waals surface area (Å²) < 4.78 is 84.9. The molecule has 8 aliphatic rings. The second-order valence-corrected chi connectivity index (χ2v) is 21.0. The van der Waals surface area contributed by atoms with Gasteiger partial charge in [-0.05, 0) is 0 Å². The summed E-state index contributed by atoms with van der Waals surface area (Å²) in [4.78, 5) is 0. The standard InChI is InChI=1S/C45H76O38/c46-1-9-17(52)22(57)29(64)40(72-9)83-36-20(55)11(3-48)74-44(36)69-7-15-19(54)23(58)30(65)41(77-15)81-35-16(8-70-45-37(21(56)12(4-49)75-45)82-39-28(63)18(53)10(2-47)73-39)78-43(32(67)26(35)61)80-34-14(6-51)76-42(31(66)25(34)60)79-33-13(5-50)71-38(68)27(62)24(33)59/h9-68H,1-8H2/t9-,10+,11-,12-,13-,14-,15-,16-,17+,18+,19-,20+,21+,22+,23+,24-,25-,26-,27-,28-,29-,30-,31-,32-,33-,34-,35-,36-,37-,38-,39+,40+,41+,42+,43+,44+,45+/m1/s1. The van der Waals surface area contributed by atoms with Crippen LogP contribution in [0.1, 0.15) is 0 Å². The van der Waals surface area contributed by atoms with Crippen LogP contribution in [0.25, 0.3) is 0 Å². The van der Waals surface area contributed by atoms with Crippen LogP contribution in [0, 0.1) is 0 Å². The van der Waals surface area contributed by atoms with Gasteiger partial charge in [0.05, 0.1) is 52.9 Å². The minimum Gasteiger partial charge on any atom is -0.394 e. The Balaban J connectivity index is 1.01. The van der Waals surface area contributed by atoms with Crippen LogP contribution in [0.2, 0.25) is 0 Å². The van der Waals surface area contributed by atoms with Gasteiger partial charge in [0.25, 0.3) is 0 Å². The second-order valence-electron chi connectivity index (χ2n) is 21.0. The van der Waals surface area contributed by atoms with Crippen LogP contribution in [-0.4, -0.2) is 398 Å². The summed E-state index contributed by atoms with van der Waals surface area (Å²) in [5.41, 5.74) is 0. The van der Waals surface area contributed by atoms with E-state index in [1.165, 1.54) is 0 Å². The number of hydrogen-bond donors (Lipinski definition) is 23. The lowest BCUT2D eigenvalue weighted by Gasteiger charge is -2.49. The number of aliphatic hydroxyl groups excluding tert-OH is 23. The molecule has 38 heteroatoms. The highest BCUT2D eigenvalue weighted by molar-refractivity contribution is 5.00. The lowest BCUT2D eigenvalue weighted by Crippen LogP contribution is -2.67. The van der Waals surface area contributed by atoms with Crippen molar-refractivity contribution in [2.24, 2.45) is 0 Å².